The van der Waals surface area contributed by atoms with E-state index in [0.29, 0.717) is 18.7 Å². The summed E-state index contributed by atoms with van der Waals surface area (Å²) in [6.07, 6.45) is 7.09. The summed E-state index contributed by atoms with van der Waals surface area (Å²) in [6.45, 7) is 0.971. The largest absolute Gasteiger partial charge is 0.465 e. The van der Waals surface area contributed by atoms with Gasteiger partial charge < -0.3 is 4.74 Å². The van der Waals surface area contributed by atoms with Gasteiger partial charge in [0.25, 0.3) is 0 Å². The number of carbonyl (C=O) groups excluding carboxylic acids is 1. The lowest BCUT2D eigenvalue weighted by atomic mass is 10.0. The number of benzene rings is 1. The molecule has 40 heavy (non-hydrogen) atoms. The van der Waals surface area contributed by atoms with E-state index in [2.05, 4.69) is 36.6 Å². The molecule has 0 spiro atoms. The molecule has 0 aliphatic carbocycles. The minimum atomic E-state index is -0.389. The summed E-state index contributed by atoms with van der Waals surface area (Å²) < 4.78 is 5.05. The van der Waals surface area contributed by atoms with Crippen molar-refractivity contribution in [2.75, 3.05) is 7.11 Å². The molecule has 0 amide bonds. The average molecular weight is 531 g/mol. The standard InChI is InChI=1S/C32H30N6O2/c1-40-32(39)25-19-23(21-37-30(26-10-2-6-14-33-26)27-11-3-7-15-34-27)18-24(20-25)22-38-31(28-12-4-8-16-35-28)29-13-5-9-17-36-29/h2-20,30-31,37-38H,21-22H2,1H3. The molecule has 0 radical (unpaired) electrons. The molecule has 0 atom stereocenters. The van der Waals surface area contributed by atoms with Gasteiger partial charge in [-0.05, 0) is 71.8 Å². The Morgan fingerprint density at radius 3 is 1.30 bits per heavy atom. The first-order valence-electron chi connectivity index (χ1n) is 13.0. The van der Waals surface area contributed by atoms with E-state index >= 15 is 0 Å². The summed E-state index contributed by atoms with van der Waals surface area (Å²) in [4.78, 5) is 30.8. The van der Waals surface area contributed by atoms with Gasteiger partial charge in [-0.25, -0.2) is 4.79 Å². The zero-order valence-electron chi connectivity index (χ0n) is 22.1. The Balaban J connectivity index is 1.40. The Kier molecular flexibility index (Phi) is 8.93. The van der Waals surface area contributed by atoms with Gasteiger partial charge in [0.1, 0.15) is 0 Å². The zero-order valence-corrected chi connectivity index (χ0v) is 22.1. The van der Waals surface area contributed by atoms with E-state index in [4.69, 9.17) is 4.74 Å². The number of nitrogens with one attached hydrogen (secondary N) is 2. The number of pyridine rings is 4. The molecule has 2 N–H and O–H groups in total. The third-order valence-corrected chi connectivity index (χ3v) is 6.43. The molecule has 4 heterocycles. The van der Waals surface area contributed by atoms with Crippen molar-refractivity contribution in [3.63, 3.8) is 0 Å². The summed E-state index contributed by atoms with van der Waals surface area (Å²) in [5, 5.41) is 7.16. The predicted molar refractivity (Wildman–Crippen MR) is 152 cm³/mol. The molecular weight excluding hydrogens is 500 g/mol. The SMILES string of the molecule is COC(=O)c1cc(CNC(c2ccccn2)c2ccccn2)cc(CNC(c2ccccn2)c2ccccn2)c1. The second kappa shape index (κ2) is 13.3. The number of rotatable bonds is 11. The highest BCUT2D eigenvalue weighted by molar-refractivity contribution is 5.89. The molecule has 0 saturated carbocycles. The molecule has 0 bridgehead atoms. The van der Waals surface area contributed by atoms with Gasteiger partial charge in [-0.3, -0.25) is 30.6 Å². The highest BCUT2D eigenvalue weighted by atomic mass is 16.5. The van der Waals surface area contributed by atoms with Gasteiger partial charge in [-0.1, -0.05) is 30.3 Å². The van der Waals surface area contributed by atoms with Crippen molar-refractivity contribution in [3.8, 4) is 0 Å². The lowest BCUT2D eigenvalue weighted by Crippen LogP contribution is -2.25. The lowest BCUT2D eigenvalue weighted by molar-refractivity contribution is 0.0600. The number of aromatic nitrogens is 4. The number of hydrogen-bond donors (Lipinski definition) is 2. The maximum Gasteiger partial charge on any atom is 0.337 e. The van der Waals surface area contributed by atoms with E-state index in [1.54, 1.807) is 24.8 Å². The maximum atomic E-state index is 12.6. The maximum absolute atomic E-state index is 12.6. The summed E-state index contributed by atoms with van der Waals surface area (Å²) >= 11 is 0. The Bertz CT molecular complexity index is 1320. The number of nitrogens with zero attached hydrogens (tertiary/aromatic N) is 4. The minimum Gasteiger partial charge on any atom is -0.465 e. The van der Waals surface area contributed by atoms with Crippen LogP contribution in [0.15, 0.2) is 116 Å². The van der Waals surface area contributed by atoms with E-state index in [1.165, 1.54) is 7.11 Å². The van der Waals surface area contributed by atoms with Crippen molar-refractivity contribution in [1.82, 2.24) is 30.6 Å². The van der Waals surface area contributed by atoms with Gasteiger partial charge in [0.2, 0.25) is 0 Å². The second-order valence-corrected chi connectivity index (χ2v) is 9.18. The average Bonchev–Trinajstić information content (AvgIpc) is 3.03. The molecule has 0 saturated heterocycles. The van der Waals surface area contributed by atoms with Gasteiger partial charge in [0.15, 0.2) is 0 Å². The number of methoxy groups -OCH3 is 1. The second-order valence-electron chi connectivity index (χ2n) is 9.18. The van der Waals surface area contributed by atoms with E-state index in [-0.39, 0.29) is 18.1 Å². The molecule has 5 aromatic rings. The normalized spacial score (nSPS) is 11.1. The van der Waals surface area contributed by atoms with Gasteiger partial charge in [0, 0.05) is 37.9 Å². The summed E-state index contributed by atoms with van der Waals surface area (Å²) in [5.41, 5.74) is 5.80. The number of esters is 1. The van der Waals surface area contributed by atoms with Crippen molar-refractivity contribution >= 4 is 5.97 Å². The summed E-state index contributed by atoms with van der Waals surface area (Å²) in [7, 11) is 1.39. The molecule has 0 fully saturated rings. The Morgan fingerprint density at radius 1 is 0.625 bits per heavy atom. The number of carbonyl (C=O) groups is 1. The van der Waals surface area contributed by atoms with Crippen molar-refractivity contribution in [2.24, 2.45) is 0 Å². The van der Waals surface area contributed by atoms with Crippen LogP contribution in [0, 0.1) is 0 Å². The van der Waals surface area contributed by atoms with Crippen molar-refractivity contribution < 1.29 is 9.53 Å². The van der Waals surface area contributed by atoms with Gasteiger partial charge in [-0.2, -0.15) is 0 Å². The third-order valence-electron chi connectivity index (χ3n) is 6.43. The molecule has 1 aromatic carbocycles. The van der Waals surface area contributed by atoms with Crippen molar-refractivity contribution in [2.45, 2.75) is 25.2 Å². The Hall–Kier alpha value is -4.79. The minimum absolute atomic E-state index is 0.219. The monoisotopic (exact) mass is 530 g/mol. The zero-order chi connectivity index (χ0) is 27.6. The predicted octanol–water partition coefficient (Wildman–Crippen LogP) is 4.81. The number of hydrogen-bond acceptors (Lipinski definition) is 8. The smallest absolute Gasteiger partial charge is 0.337 e. The molecule has 0 unspecified atom stereocenters. The molecule has 5 rings (SSSR count). The molecule has 8 nitrogen and oxygen atoms in total. The van der Waals surface area contributed by atoms with Crippen LogP contribution in [-0.4, -0.2) is 33.0 Å². The van der Waals surface area contributed by atoms with Crippen LogP contribution in [0.1, 0.15) is 56.3 Å². The highest BCUT2D eigenvalue weighted by Crippen LogP contribution is 2.22. The molecule has 8 heteroatoms. The fourth-order valence-electron chi connectivity index (χ4n) is 4.55. The lowest BCUT2D eigenvalue weighted by Gasteiger charge is -2.20. The van der Waals surface area contributed by atoms with Crippen LogP contribution in [0.3, 0.4) is 0 Å². The van der Waals surface area contributed by atoms with Crippen LogP contribution in [-0.2, 0) is 17.8 Å². The molecular formula is C32H30N6O2. The van der Waals surface area contributed by atoms with Crippen LogP contribution in [0.25, 0.3) is 0 Å². The van der Waals surface area contributed by atoms with Crippen LogP contribution >= 0.6 is 0 Å². The van der Waals surface area contributed by atoms with E-state index < -0.39 is 0 Å². The van der Waals surface area contributed by atoms with Gasteiger partial charge in [0.05, 0.1) is 47.5 Å². The summed E-state index contributed by atoms with van der Waals surface area (Å²) in [5.74, 6) is -0.389. The first-order chi connectivity index (χ1) is 19.7. The first kappa shape index (κ1) is 26.8. The van der Waals surface area contributed by atoms with Crippen LogP contribution in [0.4, 0.5) is 0 Å². The van der Waals surface area contributed by atoms with Crippen LogP contribution < -0.4 is 10.6 Å². The molecule has 0 aliphatic heterocycles. The van der Waals surface area contributed by atoms with Crippen molar-refractivity contribution in [1.29, 1.82) is 0 Å². The van der Waals surface area contributed by atoms with E-state index in [9.17, 15) is 4.79 Å². The van der Waals surface area contributed by atoms with Crippen LogP contribution in [0.5, 0.6) is 0 Å². The van der Waals surface area contributed by atoms with E-state index in [0.717, 1.165) is 33.9 Å². The fourth-order valence-corrected chi connectivity index (χ4v) is 4.55. The van der Waals surface area contributed by atoms with Gasteiger partial charge in [-0.15, -0.1) is 0 Å². The summed E-state index contributed by atoms with van der Waals surface area (Å²) in [6, 6.07) is 28.6. The Labute approximate surface area is 233 Å². The van der Waals surface area contributed by atoms with Crippen molar-refractivity contribution in [3.05, 3.63) is 155 Å². The molecule has 0 aliphatic rings. The third kappa shape index (κ3) is 6.79. The number of ether oxygens (including phenoxy) is 1. The van der Waals surface area contributed by atoms with Gasteiger partial charge >= 0.3 is 5.97 Å². The highest BCUT2D eigenvalue weighted by Gasteiger charge is 2.19. The fraction of sp³-hybridized carbons (Fsp3) is 0.156. The molecule has 4 aromatic heterocycles. The van der Waals surface area contributed by atoms with Crippen LogP contribution in [0.2, 0.25) is 0 Å². The molecule has 200 valence electrons. The Morgan fingerprint density at radius 2 is 1.00 bits per heavy atom. The van der Waals surface area contributed by atoms with E-state index in [1.807, 2.05) is 84.9 Å². The quantitative estimate of drug-likeness (QED) is 0.235. The first-order valence-corrected chi connectivity index (χ1v) is 13.0. The topological polar surface area (TPSA) is 102 Å².